The van der Waals surface area contributed by atoms with Crippen LogP contribution in [-0.2, 0) is 4.79 Å². The first-order chi connectivity index (χ1) is 13.6. The molecule has 0 heterocycles. The highest BCUT2D eigenvalue weighted by molar-refractivity contribution is 7.80. The number of thiocarbonyl (C=S) groups is 1. The van der Waals surface area contributed by atoms with Crippen LogP contribution in [0.5, 0.6) is 11.5 Å². The fraction of sp³-hybridized carbons (Fsp3) is 0.0909. The molecule has 0 saturated carbocycles. The molecular formula is C22H20N2O3S. The molecule has 3 aromatic rings. The van der Waals surface area contributed by atoms with Crippen molar-refractivity contribution in [2.45, 2.75) is 0 Å². The molecule has 0 fully saturated rings. The number of amides is 1. The number of rotatable bonds is 5. The van der Waals surface area contributed by atoms with Crippen LogP contribution in [-0.4, -0.2) is 25.2 Å². The van der Waals surface area contributed by atoms with Gasteiger partial charge in [-0.25, -0.2) is 0 Å². The Morgan fingerprint density at radius 1 is 1.00 bits per heavy atom. The van der Waals surface area contributed by atoms with Crippen molar-refractivity contribution in [3.8, 4) is 11.5 Å². The quantitative estimate of drug-likeness (QED) is 0.498. The standard InChI is InChI=1S/C22H20N2O3S/c1-26-17-11-12-20(27-2)19(14-17)23-22(28)24-21(25)13-10-16-8-5-7-15-6-3-4-9-18(15)16/h3-14H,1-2H3,(H2,23,24,25,28). The summed E-state index contributed by atoms with van der Waals surface area (Å²) in [4.78, 5) is 12.2. The Bertz CT molecular complexity index is 1040. The van der Waals surface area contributed by atoms with Gasteiger partial charge in [0, 0.05) is 12.1 Å². The van der Waals surface area contributed by atoms with Crippen molar-refractivity contribution in [2.75, 3.05) is 19.5 Å². The van der Waals surface area contributed by atoms with Crippen LogP contribution in [0.25, 0.3) is 16.8 Å². The average molecular weight is 392 g/mol. The summed E-state index contributed by atoms with van der Waals surface area (Å²) in [5.74, 6) is 0.907. The topological polar surface area (TPSA) is 59.6 Å². The van der Waals surface area contributed by atoms with E-state index in [0.29, 0.717) is 17.2 Å². The molecular weight excluding hydrogens is 372 g/mol. The lowest BCUT2D eigenvalue weighted by Gasteiger charge is -2.13. The molecule has 0 bridgehead atoms. The molecule has 0 radical (unpaired) electrons. The van der Waals surface area contributed by atoms with E-state index in [1.165, 1.54) is 6.08 Å². The molecule has 0 aliphatic heterocycles. The normalized spacial score (nSPS) is 10.6. The van der Waals surface area contributed by atoms with Gasteiger partial charge in [-0.05, 0) is 46.8 Å². The van der Waals surface area contributed by atoms with Gasteiger partial charge in [0.2, 0.25) is 5.91 Å². The fourth-order valence-electron chi connectivity index (χ4n) is 2.78. The minimum Gasteiger partial charge on any atom is -0.497 e. The molecule has 3 aromatic carbocycles. The maximum Gasteiger partial charge on any atom is 0.250 e. The molecule has 5 nitrogen and oxygen atoms in total. The predicted octanol–water partition coefficient (Wildman–Crippen LogP) is 4.38. The lowest BCUT2D eigenvalue weighted by molar-refractivity contribution is -0.115. The summed E-state index contributed by atoms with van der Waals surface area (Å²) in [6, 6.07) is 19.2. The molecule has 0 aliphatic rings. The van der Waals surface area contributed by atoms with E-state index in [1.54, 1.807) is 38.5 Å². The third-order valence-electron chi connectivity index (χ3n) is 4.13. The Morgan fingerprint density at radius 3 is 2.57 bits per heavy atom. The van der Waals surface area contributed by atoms with Crippen molar-refractivity contribution < 1.29 is 14.3 Å². The van der Waals surface area contributed by atoms with Gasteiger partial charge in [0.1, 0.15) is 11.5 Å². The molecule has 0 spiro atoms. The van der Waals surface area contributed by atoms with Gasteiger partial charge in [0.05, 0.1) is 19.9 Å². The maximum atomic E-state index is 12.2. The first-order valence-electron chi connectivity index (χ1n) is 8.60. The van der Waals surface area contributed by atoms with Crippen molar-refractivity contribution in [1.29, 1.82) is 0 Å². The number of methoxy groups -OCH3 is 2. The van der Waals surface area contributed by atoms with Crippen LogP contribution in [0.3, 0.4) is 0 Å². The zero-order valence-corrected chi connectivity index (χ0v) is 16.4. The van der Waals surface area contributed by atoms with Gasteiger partial charge in [0.15, 0.2) is 5.11 Å². The zero-order chi connectivity index (χ0) is 19.9. The summed E-state index contributed by atoms with van der Waals surface area (Å²) in [5.41, 5.74) is 1.56. The third-order valence-corrected chi connectivity index (χ3v) is 4.33. The fourth-order valence-corrected chi connectivity index (χ4v) is 2.99. The van der Waals surface area contributed by atoms with Crippen molar-refractivity contribution in [2.24, 2.45) is 0 Å². The molecule has 3 rings (SSSR count). The van der Waals surface area contributed by atoms with Crippen LogP contribution in [0.4, 0.5) is 5.69 Å². The molecule has 1 amide bonds. The highest BCUT2D eigenvalue weighted by Crippen LogP contribution is 2.28. The number of carbonyl (C=O) groups excluding carboxylic acids is 1. The van der Waals surface area contributed by atoms with Gasteiger partial charge in [-0.3, -0.25) is 10.1 Å². The van der Waals surface area contributed by atoms with Crippen molar-refractivity contribution in [3.63, 3.8) is 0 Å². The second-order valence-corrected chi connectivity index (χ2v) is 6.32. The highest BCUT2D eigenvalue weighted by Gasteiger charge is 2.08. The summed E-state index contributed by atoms with van der Waals surface area (Å²) in [5, 5.41) is 7.95. The Balaban J connectivity index is 1.68. The van der Waals surface area contributed by atoms with Crippen LogP contribution in [0.15, 0.2) is 66.7 Å². The number of ether oxygens (including phenoxy) is 2. The molecule has 0 aliphatic carbocycles. The van der Waals surface area contributed by atoms with E-state index < -0.39 is 0 Å². The Labute approximate surface area is 169 Å². The number of nitrogens with one attached hydrogen (secondary N) is 2. The smallest absolute Gasteiger partial charge is 0.250 e. The molecule has 0 aromatic heterocycles. The van der Waals surface area contributed by atoms with Crippen LogP contribution in [0.1, 0.15) is 5.56 Å². The lowest BCUT2D eigenvalue weighted by atomic mass is 10.0. The van der Waals surface area contributed by atoms with E-state index in [4.69, 9.17) is 21.7 Å². The number of anilines is 1. The van der Waals surface area contributed by atoms with E-state index in [1.807, 2.05) is 42.5 Å². The Morgan fingerprint density at radius 2 is 1.79 bits per heavy atom. The summed E-state index contributed by atoms with van der Waals surface area (Å²) < 4.78 is 10.5. The maximum absolute atomic E-state index is 12.2. The minimum atomic E-state index is -0.327. The number of fused-ring (bicyclic) bond motifs is 1. The van der Waals surface area contributed by atoms with Gasteiger partial charge < -0.3 is 14.8 Å². The first kappa shape index (κ1) is 19.4. The van der Waals surface area contributed by atoms with Crippen LogP contribution in [0, 0.1) is 0 Å². The average Bonchev–Trinajstić information content (AvgIpc) is 2.72. The number of hydrogen-bond donors (Lipinski definition) is 2. The second kappa shape index (κ2) is 9.01. The van der Waals surface area contributed by atoms with E-state index >= 15 is 0 Å². The Kier molecular flexibility index (Phi) is 6.24. The van der Waals surface area contributed by atoms with Crippen molar-refractivity contribution >= 4 is 45.8 Å². The van der Waals surface area contributed by atoms with Crippen LogP contribution < -0.4 is 20.1 Å². The van der Waals surface area contributed by atoms with Gasteiger partial charge >= 0.3 is 0 Å². The van der Waals surface area contributed by atoms with E-state index in [2.05, 4.69) is 10.6 Å². The predicted molar refractivity (Wildman–Crippen MR) is 117 cm³/mol. The van der Waals surface area contributed by atoms with Gasteiger partial charge in [-0.2, -0.15) is 0 Å². The van der Waals surface area contributed by atoms with Gasteiger partial charge in [-0.15, -0.1) is 0 Å². The largest absolute Gasteiger partial charge is 0.497 e. The molecule has 28 heavy (non-hydrogen) atoms. The van der Waals surface area contributed by atoms with Crippen molar-refractivity contribution in [3.05, 3.63) is 72.3 Å². The van der Waals surface area contributed by atoms with Crippen molar-refractivity contribution in [1.82, 2.24) is 5.32 Å². The van der Waals surface area contributed by atoms with Gasteiger partial charge in [0.25, 0.3) is 0 Å². The lowest BCUT2D eigenvalue weighted by Crippen LogP contribution is -2.32. The summed E-state index contributed by atoms with van der Waals surface area (Å²) in [6.07, 6.45) is 3.23. The minimum absolute atomic E-state index is 0.166. The molecule has 0 unspecified atom stereocenters. The molecule has 142 valence electrons. The van der Waals surface area contributed by atoms with Crippen LogP contribution in [0.2, 0.25) is 0 Å². The zero-order valence-electron chi connectivity index (χ0n) is 15.6. The van der Waals surface area contributed by atoms with Gasteiger partial charge in [-0.1, -0.05) is 42.5 Å². The first-order valence-corrected chi connectivity index (χ1v) is 9.01. The number of hydrogen-bond acceptors (Lipinski definition) is 4. The van der Waals surface area contributed by atoms with Crippen LogP contribution >= 0.6 is 12.2 Å². The Hall–Kier alpha value is -3.38. The summed E-state index contributed by atoms with van der Waals surface area (Å²) in [7, 11) is 3.13. The SMILES string of the molecule is COc1ccc(OC)c(NC(=S)NC(=O)C=Cc2cccc3ccccc23)c1. The van der Waals surface area contributed by atoms with E-state index in [9.17, 15) is 4.79 Å². The molecule has 0 saturated heterocycles. The van der Waals surface area contributed by atoms with E-state index in [0.717, 1.165) is 16.3 Å². The molecule has 0 atom stereocenters. The third kappa shape index (κ3) is 4.66. The number of carbonyl (C=O) groups is 1. The number of benzene rings is 3. The summed E-state index contributed by atoms with van der Waals surface area (Å²) in [6.45, 7) is 0. The second-order valence-electron chi connectivity index (χ2n) is 5.91. The molecule has 2 N–H and O–H groups in total. The van der Waals surface area contributed by atoms with E-state index in [-0.39, 0.29) is 11.0 Å². The summed E-state index contributed by atoms with van der Waals surface area (Å²) >= 11 is 5.23. The highest BCUT2D eigenvalue weighted by atomic mass is 32.1. The molecule has 6 heteroatoms. The monoisotopic (exact) mass is 392 g/mol.